The maximum Gasteiger partial charge on any atom is 0.234 e. The molecule has 4 nitrogen and oxygen atoms in total. The zero-order valence-electron chi connectivity index (χ0n) is 9.30. The van der Waals surface area contributed by atoms with Crippen molar-refractivity contribution in [3.8, 4) is 0 Å². The lowest BCUT2D eigenvalue weighted by Gasteiger charge is -2.29. The van der Waals surface area contributed by atoms with Crippen LogP contribution < -0.4 is 10.6 Å². The Morgan fingerprint density at radius 1 is 1.27 bits per heavy atom. The molecular formula is C11H21N3O. The molecule has 2 aliphatic heterocycles. The van der Waals surface area contributed by atoms with E-state index in [0.717, 1.165) is 32.6 Å². The molecule has 2 rings (SSSR count). The van der Waals surface area contributed by atoms with Gasteiger partial charge in [-0.1, -0.05) is 6.42 Å². The Bertz CT molecular complexity index is 214. The van der Waals surface area contributed by atoms with E-state index in [9.17, 15) is 4.79 Å². The van der Waals surface area contributed by atoms with Gasteiger partial charge in [0.1, 0.15) is 0 Å². The molecule has 0 aromatic rings. The van der Waals surface area contributed by atoms with Gasteiger partial charge in [0.15, 0.2) is 0 Å². The van der Waals surface area contributed by atoms with Crippen LogP contribution in [0.2, 0.25) is 0 Å². The van der Waals surface area contributed by atoms with Crippen molar-refractivity contribution in [1.82, 2.24) is 15.5 Å². The fraction of sp³-hybridized carbons (Fsp3) is 0.909. The summed E-state index contributed by atoms with van der Waals surface area (Å²) in [6.07, 6.45) is 4.98. The highest BCUT2D eigenvalue weighted by Gasteiger charge is 2.19. The van der Waals surface area contributed by atoms with Crippen molar-refractivity contribution in [1.29, 1.82) is 0 Å². The first kappa shape index (κ1) is 10.9. The molecule has 4 heteroatoms. The SMILES string of the molecule is O=C1CN(CC2CCCCN2)CCCN1. The molecule has 2 N–H and O–H groups in total. The molecule has 1 amide bonds. The molecule has 2 heterocycles. The molecule has 0 aromatic heterocycles. The lowest BCUT2D eigenvalue weighted by molar-refractivity contribution is -0.121. The van der Waals surface area contributed by atoms with E-state index in [-0.39, 0.29) is 5.91 Å². The van der Waals surface area contributed by atoms with E-state index >= 15 is 0 Å². The average molecular weight is 211 g/mol. The minimum Gasteiger partial charge on any atom is -0.355 e. The molecule has 0 bridgehead atoms. The summed E-state index contributed by atoms with van der Waals surface area (Å²) in [6.45, 7) is 4.65. The standard InChI is InChI=1S/C11H21N3O/c15-11-9-14(7-3-6-13-11)8-10-4-1-2-5-12-10/h10,12H,1-9H2,(H,13,15). The summed E-state index contributed by atoms with van der Waals surface area (Å²) in [4.78, 5) is 13.6. The van der Waals surface area contributed by atoms with Crippen LogP contribution in [0.1, 0.15) is 25.7 Å². The number of amides is 1. The van der Waals surface area contributed by atoms with Crippen molar-refractivity contribution < 1.29 is 4.79 Å². The van der Waals surface area contributed by atoms with Crippen LogP contribution in [0.25, 0.3) is 0 Å². The van der Waals surface area contributed by atoms with Crippen LogP contribution >= 0.6 is 0 Å². The van der Waals surface area contributed by atoms with Crippen LogP contribution in [0.15, 0.2) is 0 Å². The minimum absolute atomic E-state index is 0.184. The third kappa shape index (κ3) is 3.47. The van der Waals surface area contributed by atoms with E-state index in [4.69, 9.17) is 0 Å². The highest BCUT2D eigenvalue weighted by molar-refractivity contribution is 5.78. The van der Waals surface area contributed by atoms with Crippen LogP contribution in [0, 0.1) is 0 Å². The number of hydrogen-bond donors (Lipinski definition) is 2. The van der Waals surface area contributed by atoms with Gasteiger partial charge >= 0.3 is 0 Å². The third-order valence-corrected chi connectivity index (χ3v) is 3.23. The van der Waals surface area contributed by atoms with Gasteiger partial charge in [-0.25, -0.2) is 0 Å². The largest absolute Gasteiger partial charge is 0.355 e. The molecule has 86 valence electrons. The zero-order chi connectivity index (χ0) is 10.5. The highest BCUT2D eigenvalue weighted by atomic mass is 16.2. The van der Waals surface area contributed by atoms with Gasteiger partial charge in [-0.2, -0.15) is 0 Å². The van der Waals surface area contributed by atoms with Crippen molar-refractivity contribution in [2.24, 2.45) is 0 Å². The number of hydrogen-bond acceptors (Lipinski definition) is 3. The third-order valence-electron chi connectivity index (χ3n) is 3.23. The Labute approximate surface area is 91.4 Å². The Hall–Kier alpha value is -0.610. The molecule has 0 aliphatic carbocycles. The maximum absolute atomic E-state index is 11.4. The molecule has 15 heavy (non-hydrogen) atoms. The van der Waals surface area contributed by atoms with Gasteiger partial charge in [-0.15, -0.1) is 0 Å². The second kappa shape index (κ2) is 5.47. The summed E-state index contributed by atoms with van der Waals surface area (Å²) in [7, 11) is 0. The van der Waals surface area contributed by atoms with Gasteiger partial charge < -0.3 is 10.6 Å². The van der Waals surface area contributed by atoms with E-state index in [2.05, 4.69) is 15.5 Å². The fourth-order valence-corrected chi connectivity index (χ4v) is 2.42. The predicted octanol–water partition coefficient (Wildman–Crippen LogP) is -0.0496. The first-order valence-corrected chi connectivity index (χ1v) is 6.07. The van der Waals surface area contributed by atoms with Gasteiger partial charge in [0, 0.05) is 25.7 Å². The number of carbonyl (C=O) groups is 1. The molecular weight excluding hydrogens is 190 g/mol. The number of piperidine rings is 1. The monoisotopic (exact) mass is 211 g/mol. The fourth-order valence-electron chi connectivity index (χ4n) is 2.42. The summed E-state index contributed by atoms with van der Waals surface area (Å²) < 4.78 is 0. The molecule has 0 aromatic carbocycles. The zero-order valence-corrected chi connectivity index (χ0v) is 9.30. The Morgan fingerprint density at radius 2 is 2.20 bits per heavy atom. The highest BCUT2D eigenvalue weighted by Crippen LogP contribution is 2.09. The van der Waals surface area contributed by atoms with E-state index < -0.39 is 0 Å². The van der Waals surface area contributed by atoms with Crippen LogP contribution in [0.4, 0.5) is 0 Å². The number of rotatable bonds is 2. The van der Waals surface area contributed by atoms with Crippen LogP contribution in [0.3, 0.4) is 0 Å². The second-order valence-electron chi connectivity index (χ2n) is 4.59. The van der Waals surface area contributed by atoms with Gasteiger partial charge in [-0.05, 0) is 25.8 Å². The summed E-state index contributed by atoms with van der Waals surface area (Å²) in [5.41, 5.74) is 0. The van der Waals surface area contributed by atoms with Crippen molar-refractivity contribution in [2.45, 2.75) is 31.7 Å². The van der Waals surface area contributed by atoms with Crippen LogP contribution in [-0.2, 0) is 4.79 Å². The summed E-state index contributed by atoms with van der Waals surface area (Å²) in [5, 5.41) is 6.44. The summed E-state index contributed by atoms with van der Waals surface area (Å²) >= 11 is 0. The van der Waals surface area contributed by atoms with Crippen molar-refractivity contribution >= 4 is 5.91 Å². The van der Waals surface area contributed by atoms with Crippen LogP contribution in [-0.4, -0.2) is 49.6 Å². The number of nitrogens with zero attached hydrogens (tertiary/aromatic N) is 1. The molecule has 0 spiro atoms. The molecule has 2 saturated heterocycles. The van der Waals surface area contributed by atoms with E-state index in [0.29, 0.717) is 12.6 Å². The molecule has 1 atom stereocenters. The average Bonchev–Trinajstić information content (AvgIpc) is 2.44. The first-order valence-electron chi connectivity index (χ1n) is 6.07. The van der Waals surface area contributed by atoms with E-state index in [1.165, 1.54) is 19.3 Å². The lowest BCUT2D eigenvalue weighted by atomic mass is 10.0. The molecule has 2 aliphatic rings. The maximum atomic E-state index is 11.4. The Morgan fingerprint density at radius 3 is 3.00 bits per heavy atom. The molecule has 1 unspecified atom stereocenters. The molecule has 0 radical (unpaired) electrons. The van der Waals surface area contributed by atoms with Gasteiger partial charge in [0.25, 0.3) is 0 Å². The normalized spacial score (nSPS) is 29.6. The Kier molecular flexibility index (Phi) is 3.97. The smallest absolute Gasteiger partial charge is 0.234 e. The second-order valence-corrected chi connectivity index (χ2v) is 4.59. The van der Waals surface area contributed by atoms with Crippen molar-refractivity contribution in [3.05, 3.63) is 0 Å². The van der Waals surface area contributed by atoms with E-state index in [1.807, 2.05) is 0 Å². The Balaban J connectivity index is 1.78. The number of nitrogens with one attached hydrogen (secondary N) is 2. The molecule has 0 saturated carbocycles. The minimum atomic E-state index is 0.184. The molecule has 2 fully saturated rings. The predicted molar refractivity (Wildman–Crippen MR) is 59.7 cm³/mol. The van der Waals surface area contributed by atoms with Gasteiger partial charge in [-0.3, -0.25) is 9.69 Å². The lowest BCUT2D eigenvalue weighted by Crippen LogP contribution is -2.45. The quantitative estimate of drug-likeness (QED) is 0.673. The summed E-state index contributed by atoms with van der Waals surface area (Å²) in [6, 6.07) is 0.602. The summed E-state index contributed by atoms with van der Waals surface area (Å²) in [5.74, 6) is 0.184. The van der Waals surface area contributed by atoms with E-state index in [1.54, 1.807) is 0 Å². The topological polar surface area (TPSA) is 44.4 Å². The van der Waals surface area contributed by atoms with Crippen LogP contribution in [0.5, 0.6) is 0 Å². The van der Waals surface area contributed by atoms with Crippen molar-refractivity contribution in [2.75, 3.05) is 32.7 Å². The number of carbonyl (C=O) groups excluding carboxylic acids is 1. The van der Waals surface area contributed by atoms with Crippen molar-refractivity contribution in [3.63, 3.8) is 0 Å². The first-order chi connectivity index (χ1) is 7.34. The van der Waals surface area contributed by atoms with Gasteiger partial charge in [0.05, 0.1) is 6.54 Å². The van der Waals surface area contributed by atoms with Gasteiger partial charge in [0.2, 0.25) is 5.91 Å².